The second kappa shape index (κ2) is 4.69. The fourth-order valence-electron chi connectivity index (χ4n) is 1.81. The standard InChI is InChI=1S/C13H17ClN2O/c1-13(2,17)8-15-6-9-7-16-12-5-10(14)3-4-11(9)12/h3-5,7,15-17H,6,8H2,1-2H3. The minimum absolute atomic E-state index is 0.563. The third-order valence-corrected chi connectivity index (χ3v) is 2.84. The van der Waals surface area contributed by atoms with Crippen molar-refractivity contribution in [3.05, 3.63) is 35.0 Å². The Morgan fingerprint density at radius 3 is 2.88 bits per heavy atom. The zero-order chi connectivity index (χ0) is 12.5. The smallest absolute Gasteiger partial charge is 0.0715 e. The highest BCUT2D eigenvalue weighted by Crippen LogP contribution is 2.21. The molecule has 0 atom stereocenters. The van der Waals surface area contributed by atoms with Crippen LogP contribution in [-0.2, 0) is 6.54 Å². The topological polar surface area (TPSA) is 48.0 Å². The molecule has 0 saturated heterocycles. The van der Waals surface area contributed by atoms with Gasteiger partial charge in [0, 0.05) is 35.2 Å². The summed E-state index contributed by atoms with van der Waals surface area (Å²) >= 11 is 5.92. The lowest BCUT2D eigenvalue weighted by atomic mass is 10.1. The van der Waals surface area contributed by atoms with E-state index in [2.05, 4.69) is 10.3 Å². The first-order valence-electron chi connectivity index (χ1n) is 5.64. The zero-order valence-corrected chi connectivity index (χ0v) is 10.8. The van der Waals surface area contributed by atoms with Crippen LogP contribution in [0.3, 0.4) is 0 Å². The van der Waals surface area contributed by atoms with Crippen molar-refractivity contribution in [1.82, 2.24) is 10.3 Å². The van der Waals surface area contributed by atoms with Gasteiger partial charge in [-0.3, -0.25) is 0 Å². The maximum Gasteiger partial charge on any atom is 0.0715 e. The summed E-state index contributed by atoms with van der Waals surface area (Å²) in [5.41, 5.74) is 1.54. The van der Waals surface area contributed by atoms with E-state index in [4.69, 9.17) is 11.6 Å². The molecule has 0 aliphatic carbocycles. The van der Waals surface area contributed by atoms with Gasteiger partial charge in [-0.25, -0.2) is 0 Å². The zero-order valence-electron chi connectivity index (χ0n) is 10.0. The lowest BCUT2D eigenvalue weighted by molar-refractivity contribution is 0.0795. The predicted octanol–water partition coefficient (Wildman–Crippen LogP) is 2.68. The van der Waals surface area contributed by atoms with E-state index >= 15 is 0 Å². The number of fused-ring (bicyclic) bond motifs is 1. The van der Waals surface area contributed by atoms with Gasteiger partial charge in [0.2, 0.25) is 0 Å². The summed E-state index contributed by atoms with van der Waals surface area (Å²) in [6.45, 7) is 4.86. The van der Waals surface area contributed by atoms with Crippen LogP contribution in [0.1, 0.15) is 19.4 Å². The lowest BCUT2D eigenvalue weighted by Gasteiger charge is -2.17. The molecule has 0 unspecified atom stereocenters. The Kier molecular flexibility index (Phi) is 3.43. The number of nitrogens with one attached hydrogen (secondary N) is 2. The second-order valence-corrected chi connectivity index (χ2v) is 5.36. The van der Waals surface area contributed by atoms with Crippen LogP contribution in [0.2, 0.25) is 5.02 Å². The summed E-state index contributed by atoms with van der Waals surface area (Å²) in [6, 6.07) is 5.81. The molecule has 92 valence electrons. The molecule has 0 fully saturated rings. The molecule has 0 spiro atoms. The number of benzene rings is 1. The molecule has 17 heavy (non-hydrogen) atoms. The van der Waals surface area contributed by atoms with Gasteiger partial charge in [0.1, 0.15) is 0 Å². The van der Waals surface area contributed by atoms with Gasteiger partial charge in [-0.1, -0.05) is 17.7 Å². The van der Waals surface area contributed by atoms with Crippen LogP contribution in [0.15, 0.2) is 24.4 Å². The lowest BCUT2D eigenvalue weighted by Crippen LogP contribution is -2.34. The highest BCUT2D eigenvalue weighted by molar-refractivity contribution is 6.31. The molecule has 0 aliphatic heterocycles. The van der Waals surface area contributed by atoms with Crippen molar-refractivity contribution in [1.29, 1.82) is 0 Å². The number of hydrogen-bond donors (Lipinski definition) is 3. The number of rotatable bonds is 4. The van der Waals surface area contributed by atoms with E-state index in [1.165, 1.54) is 5.56 Å². The minimum atomic E-state index is -0.685. The molecule has 0 radical (unpaired) electrons. The average molecular weight is 253 g/mol. The maximum atomic E-state index is 9.61. The Morgan fingerprint density at radius 1 is 1.41 bits per heavy atom. The predicted molar refractivity (Wildman–Crippen MR) is 71.3 cm³/mol. The number of halogens is 1. The van der Waals surface area contributed by atoms with Crippen LogP contribution in [-0.4, -0.2) is 22.2 Å². The third-order valence-electron chi connectivity index (χ3n) is 2.60. The summed E-state index contributed by atoms with van der Waals surface area (Å²) in [5.74, 6) is 0. The van der Waals surface area contributed by atoms with Crippen LogP contribution in [0.25, 0.3) is 10.9 Å². The molecule has 4 heteroatoms. The molecule has 0 bridgehead atoms. The van der Waals surface area contributed by atoms with E-state index in [-0.39, 0.29) is 0 Å². The van der Waals surface area contributed by atoms with Gasteiger partial charge in [-0.15, -0.1) is 0 Å². The fourth-order valence-corrected chi connectivity index (χ4v) is 1.98. The highest BCUT2D eigenvalue weighted by atomic mass is 35.5. The number of aromatic amines is 1. The van der Waals surface area contributed by atoms with Crippen molar-refractivity contribution in [3.8, 4) is 0 Å². The monoisotopic (exact) mass is 252 g/mol. The van der Waals surface area contributed by atoms with Gasteiger partial charge in [0.15, 0.2) is 0 Å². The number of aliphatic hydroxyl groups is 1. The van der Waals surface area contributed by atoms with Crippen molar-refractivity contribution in [2.75, 3.05) is 6.54 Å². The first-order valence-corrected chi connectivity index (χ1v) is 6.02. The summed E-state index contributed by atoms with van der Waals surface area (Å²) < 4.78 is 0. The van der Waals surface area contributed by atoms with Gasteiger partial charge in [0.25, 0.3) is 0 Å². The van der Waals surface area contributed by atoms with Crippen LogP contribution in [0.5, 0.6) is 0 Å². The van der Waals surface area contributed by atoms with Gasteiger partial charge in [0.05, 0.1) is 5.60 Å². The first kappa shape index (κ1) is 12.4. The average Bonchev–Trinajstić information content (AvgIpc) is 2.59. The van der Waals surface area contributed by atoms with Crippen molar-refractivity contribution >= 4 is 22.5 Å². The Hall–Kier alpha value is -1.03. The number of hydrogen-bond acceptors (Lipinski definition) is 2. The summed E-state index contributed by atoms with van der Waals surface area (Å²) in [7, 11) is 0. The minimum Gasteiger partial charge on any atom is -0.389 e. The van der Waals surface area contributed by atoms with Crippen molar-refractivity contribution in [3.63, 3.8) is 0 Å². The molecule has 1 heterocycles. The summed E-state index contributed by atoms with van der Waals surface area (Å²) in [5, 5.41) is 14.7. The van der Waals surface area contributed by atoms with E-state index in [0.29, 0.717) is 6.54 Å². The quantitative estimate of drug-likeness (QED) is 0.784. The van der Waals surface area contributed by atoms with Crippen molar-refractivity contribution < 1.29 is 5.11 Å². The molecule has 0 aliphatic rings. The molecule has 2 aromatic rings. The fraction of sp³-hybridized carbons (Fsp3) is 0.385. The Balaban J connectivity index is 2.09. The van der Waals surface area contributed by atoms with Gasteiger partial charge in [-0.05, 0) is 31.5 Å². The molecule has 3 nitrogen and oxygen atoms in total. The van der Waals surface area contributed by atoms with E-state index in [1.54, 1.807) is 13.8 Å². The van der Waals surface area contributed by atoms with Crippen LogP contribution >= 0.6 is 11.6 Å². The van der Waals surface area contributed by atoms with Gasteiger partial charge >= 0.3 is 0 Å². The second-order valence-electron chi connectivity index (χ2n) is 4.92. The maximum absolute atomic E-state index is 9.61. The number of H-pyrrole nitrogens is 1. The SMILES string of the molecule is CC(C)(O)CNCc1c[nH]c2cc(Cl)ccc12. The number of aromatic nitrogens is 1. The summed E-state index contributed by atoms with van der Waals surface area (Å²) in [4.78, 5) is 3.19. The van der Waals surface area contributed by atoms with E-state index in [0.717, 1.165) is 22.5 Å². The molecular weight excluding hydrogens is 236 g/mol. The molecular formula is C13H17ClN2O. The van der Waals surface area contributed by atoms with Crippen LogP contribution < -0.4 is 5.32 Å². The Bertz CT molecular complexity index is 514. The van der Waals surface area contributed by atoms with Gasteiger partial charge in [-0.2, -0.15) is 0 Å². The van der Waals surface area contributed by atoms with Crippen molar-refractivity contribution in [2.45, 2.75) is 26.0 Å². The highest BCUT2D eigenvalue weighted by Gasteiger charge is 2.11. The largest absolute Gasteiger partial charge is 0.389 e. The van der Waals surface area contributed by atoms with E-state index < -0.39 is 5.60 Å². The Labute approximate surface area is 106 Å². The van der Waals surface area contributed by atoms with Crippen LogP contribution in [0.4, 0.5) is 0 Å². The Morgan fingerprint density at radius 2 is 2.18 bits per heavy atom. The molecule has 2 rings (SSSR count). The van der Waals surface area contributed by atoms with Crippen molar-refractivity contribution in [2.24, 2.45) is 0 Å². The van der Waals surface area contributed by atoms with E-state index in [9.17, 15) is 5.11 Å². The molecule has 1 aromatic heterocycles. The van der Waals surface area contributed by atoms with Gasteiger partial charge < -0.3 is 15.4 Å². The third kappa shape index (κ3) is 3.22. The molecule has 1 aromatic carbocycles. The van der Waals surface area contributed by atoms with Crippen LogP contribution in [0, 0.1) is 0 Å². The molecule has 0 saturated carbocycles. The van der Waals surface area contributed by atoms with E-state index in [1.807, 2.05) is 24.4 Å². The summed E-state index contributed by atoms with van der Waals surface area (Å²) in [6.07, 6.45) is 1.97. The molecule has 3 N–H and O–H groups in total. The molecule has 0 amide bonds. The first-order chi connectivity index (χ1) is 7.96. The normalized spacial score (nSPS) is 12.2.